The second kappa shape index (κ2) is 4.84. The number of nitroso groups, excluding NO2 is 1. The van der Waals surface area contributed by atoms with Gasteiger partial charge in [0.15, 0.2) is 0 Å². The van der Waals surface area contributed by atoms with Crippen LogP contribution in [0.4, 0.5) is 26.3 Å². The largest absolute Gasteiger partial charge is 0.573 e. The first-order valence-electron chi connectivity index (χ1n) is 6.50. The van der Waals surface area contributed by atoms with Crippen molar-refractivity contribution in [2.45, 2.75) is 31.0 Å². The number of rotatable bonds is 2. The molecule has 1 aromatic carbocycles. The van der Waals surface area contributed by atoms with E-state index in [4.69, 9.17) is 4.74 Å². The standard InChI is InChI=1S/C13H7F6NO4/c14-12(15,16)9-11(10(21)20-22)4-7(11)6-3-5(24-13(17,18)19)1-2-8(6)23-9/h1-3,7,9H,4H2/t7?,9-,11?/m0/s1. The first-order valence-corrected chi connectivity index (χ1v) is 6.50. The summed E-state index contributed by atoms with van der Waals surface area (Å²) in [5, 5.41) is 2.06. The maximum Gasteiger partial charge on any atom is 0.573 e. The van der Waals surface area contributed by atoms with E-state index in [0.29, 0.717) is 0 Å². The van der Waals surface area contributed by atoms with E-state index in [1.54, 1.807) is 0 Å². The Morgan fingerprint density at radius 2 is 1.92 bits per heavy atom. The third-order valence-electron chi connectivity index (χ3n) is 4.08. The molecule has 3 atom stereocenters. The number of alkyl halides is 6. The minimum atomic E-state index is -4.99. The first-order chi connectivity index (χ1) is 11.0. The van der Waals surface area contributed by atoms with Crippen molar-refractivity contribution >= 4 is 5.91 Å². The van der Waals surface area contributed by atoms with E-state index in [-0.39, 0.29) is 11.3 Å². The second-order valence-corrected chi connectivity index (χ2v) is 5.48. The molecule has 2 aliphatic rings. The Morgan fingerprint density at radius 1 is 1.25 bits per heavy atom. The van der Waals surface area contributed by atoms with Gasteiger partial charge in [-0.2, -0.15) is 13.2 Å². The van der Waals surface area contributed by atoms with Crippen LogP contribution in [0.25, 0.3) is 0 Å². The smallest absolute Gasteiger partial charge is 0.479 e. The summed E-state index contributed by atoms with van der Waals surface area (Å²) < 4.78 is 84.7. The van der Waals surface area contributed by atoms with Gasteiger partial charge < -0.3 is 9.47 Å². The fourth-order valence-corrected chi connectivity index (χ4v) is 3.08. The van der Waals surface area contributed by atoms with Crippen LogP contribution in [0, 0.1) is 10.3 Å². The average Bonchev–Trinajstić information content (AvgIpc) is 3.19. The van der Waals surface area contributed by atoms with Gasteiger partial charge in [0.1, 0.15) is 16.9 Å². The van der Waals surface area contributed by atoms with Crippen molar-refractivity contribution in [2.24, 2.45) is 10.6 Å². The number of ether oxygens (including phenoxy) is 2. The fourth-order valence-electron chi connectivity index (χ4n) is 3.08. The van der Waals surface area contributed by atoms with Crippen LogP contribution in [-0.2, 0) is 4.79 Å². The van der Waals surface area contributed by atoms with Gasteiger partial charge in [-0.25, -0.2) is 0 Å². The maximum atomic E-state index is 13.2. The molecule has 5 nitrogen and oxygen atoms in total. The van der Waals surface area contributed by atoms with Crippen LogP contribution in [0.2, 0.25) is 0 Å². The molecule has 24 heavy (non-hydrogen) atoms. The number of hydrogen-bond donors (Lipinski definition) is 0. The predicted octanol–water partition coefficient (Wildman–Crippen LogP) is 3.68. The molecular formula is C13H7F6NO4. The second-order valence-electron chi connectivity index (χ2n) is 5.48. The summed E-state index contributed by atoms with van der Waals surface area (Å²) in [5.41, 5.74) is -2.29. The lowest BCUT2D eigenvalue weighted by molar-refractivity contribution is -0.274. The van der Waals surface area contributed by atoms with E-state index in [1.165, 1.54) is 0 Å². The average molecular weight is 355 g/mol. The minimum absolute atomic E-state index is 0.0609. The quantitative estimate of drug-likeness (QED) is 0.600. The third-order valence-corrected chi connectivity index (χ3v) is 4.08. The molecular weight excluding hydrogens is 348 g/mol. The highest BCUT2D eigenvalue weighted by Crippen LogP contribution is 2.69. The highest BCUT2D eigenvalue weighted by molar-refractivity contribution is 5.90. The molecule has 1 aromatic rings. The Bertz CT molecular complexity index is 715. The number of carbonyl (C=O) groups excluding carboxylic acids is 1. The van der Waals surface area contributed by atoms with Gasteiger partial charge in [0.05, 0.1) is 0 Å². The monoisotopic (exact) mass is 355 g/mol. The molecule has 2 unspecified atom stereocenters. The summed E-state index contributed by atoms with van der Waals surface area (Å²) >= 11 is 0. The van der Waals surface area contributed by atoms with Crippen molar-refractivity contribution < 1.29 is 40.6 Å². The number of nitrogens with zero attached hydrogens (tertiary/aromatic N) is 1. The van der Waals surface area contributed by atoms with E-state index in [9.17, 15) is 36.0 Å². The first kappa shape index (κ1) is 16.5. The highest BCUT2D eigenvalue weighted by Gasteiger charge is 2.75. The van der Waals surface area contributed by atoms with Crippen LogP contribution >= 0.6 is 0 Å². The lowest BCUT2D eigenvalue weighted by atomic mass is 9.88. The van der Waals surface area contributed by atoms with Gasteiger partial charge in [-0.3, -0.25) is 4.79 Å². The minimum Gasteiger partial charge on any atom is -0.479 e. The van der Waals surface area contributed by atoms with Crippen molar-refractivity contribution in [1.82, 2.24) is 0 Å². The lowest BCUT2D eigenvalue weighted by Gasteiger charge is -2.32. The Kier molecular flexibility index (Phi) is 3.33. The summed E-state index contributed by atoms with van der Waals surface area (Å²) in [4.78, 5) is 22.1. The molecule has 0 N–H and O–H groups in total. The zero-order valence-corrected chi connectivity index (χ0v) is 11.4. The number of amides is 1. The van der Waals surface area contributed by atoms with Crippen molar-refractivity contribution in [3.05, 3.63) is 28.7 Å². The topological polar surface area (TPSA) is 65.0 Å². The Morgan fingerprint density at radius 3 is 2.46 bits per heavy atom. The van der Waals surface area contributed by atoms with Crippen LogP contribution < -0.4 is 9.47 Å². The molecule has 0 spiro atoms. The number of hydrogen-bond acceptors (Lipinski definition) is 4. The van der Waals surface area contributed by atoms with Crippen molar-refractivity contribution in [3.8, 4) is 11.5 Å². The third kappa shape index (κ3) is 2.47. The normalized spacial score (nSPS) is 28.2. The molecule has 130 valence electrons. The Hall–Kier alpha value is -2.33. The molecule has 0 radical (unpaired) electrons. The summed E-state index contributed by atoms with van der Waals surface area (Å²) in [6.07, 6.45) is -12.9. The van der Waals surface area contributed by atoms with E-state index < -0.39 is 48.1 Å². The van der Waals surface area contributed by atoms with Gasteiger partial charge in [-0.05, 0) is 24.6 Å². The van der Waals surface area contributed by atoms with Gasteiger partial charge in [-0.1, -0.05) is 0 Å². The highest BCUT2D eigenvalue weighted by atomic mass is 19.4. The van der Waals surface area contributed by atoms with Gasteiger partial charge in [-0.15, -0.1) is 18.1 Å². The van der Waals surface area contributed by atoms with Gasteiger partial charge in [0, 0.05) is 16.7 Å². The zero-order chi connectivity index (χ0) is 17.9. The maximum absolute atomic E-state index is 13.2. The molecule has 0 saturated heterocycles. The molecule has 0 aromatic heterocycles. The molecule has 1 fully saturated rings. The van der Waals surface area contributed by atoms with Gasteiger partial charge >= 0.3 is 12.5 Å². The van der Waals surface area contributed by atoms with Gasteiger partial charge in [0.25, 0.3) is 5.91 Å². The van der Waals surface area contributed by atoms with Crippen LogP contribution in [-0.4, -0.2) is 24.5 Å². The molecule has 0 bridgehead atoms. The van der Waals surface area contributed by atoms with Crippen LogP contribution in [0.15, 0.2) is 23.4 Å². The van der Waals surface area contributed by atoms with E-state index >= 15 is 0 Å². The van der Waals surface area contributed by atoms with E-state index in [0.717, 1.165) is 18.2 Å². The number of carbonyl (C=O) groups is 1. The SMILES string of the molecule is O=NC(=O)C12CC1c1cc(OC(F)(F)F)ccc1O[C@@H]2C(F)(F)F. The molecule has 1 aliphatic heterocycles. The van der Waals surface area contributed by atoms with Crippen LogP contribution in [0.5, 0.6) is 11.5 Å². The van der Waals surface area contributed by atoms with Crippen LogP contribution in [0.3, 0.4) is 0 Å². The van der Waals surface area contributed by atoms with Crippen molar-refractivity contribution in [2.75, 3.05) is 0 Å². The Labute approximate surface area is 129 Å². The summed E-state index contributed by atoms with van der Waals surface area (Å²) in [6.45, 7) is 0. The zero-order valence-electron chi connectivity index (χ0n) is 11.4. The predicted molar refractivity (Wildman–Crippen MR) is 64.2 cm³/mol. The number of benzene rings is 1. The Balaban J connectivity index is 2.03. The molecule has 1 aliphatic carbocycles. The summed E-state index contributed by atoms with van der Waals surface area (Å²) in [5.74, 6) is -3.64. The van der Waals surface area contributed by atoms with Crippen molar-refractivity contribution in [3.63, 3.8) is 0 Å². The van der Waals surface area contributed by atoms with Crippen LogP contribution in [0.1, 0.15) is 17.9 Å². The van der Waals surface area contributed by atoms with E-state index in [2.05, 4.69) is 9.91 Å². The number of halogens is 6. The lowest BCUT2D eigenvalue weighted by Crippen LogP contribution is -2.48. The van der Waals surface area contributed by atoms with E-state index in [1.807, 2.05) is 0 Å². The van der Waals surface area contributed by atoms with Crippen molar-refractivity contribution in [1.29, 1.82) is 0 Å². The van der Waals surface area contributed by atoms with Gasteiger partial charge in [0.2, 0.25) is 6.10 Å². The summed E-state index contributed by atoms with van der Waals surface area (Å²) in [7, 11) is 0. The molecule has 3 rings (SSSR count). The molecule has 1 amide bonds. The molecule has 1 saturated carbocycles. The fraction of sp³-hybridized carbons (Fsp3) is 0.462. The molecule has 11 heteroatoms. The molecule has 1 heterocycles. The summed E-state index contributed by atoms with van der Waals surface area (Å²) in [6, 6.07) is 2.55. The number of fused-ring (bicyclic) bond motifs is 3.